The van der Waals surface area contributed by atoms with Gasteiger partial charge < -0.3 is 0 Å². The zero-order valence-corrected chi connectivity index (χ0v) is 15.0. The van der Waals surface area contributed by atoms with Crippen LogP contribution in [0.5, 0.6) is 0 Å². The third-order valence-corrected chi connectivity index (χ3v) is 4.28. The van der Waals surface area contributed by atoms with Crippen LogP contribution in [-0.4, -0.2) is 16.0 Å². The molecular weight excluding hydrogens is 361 g/mol. The minimum absolute atomic E-state index is 0.250. The number of benzene rings is 1. The van der Waals surface area contributed by atoms with Crippen LogP contribution in [0.3, 0.4) is 0 Å². The van der Waals surface area contributed by atoms with E-state index in [4.69, 9.17) is 29.0 Å². The number of nitrogens with two attached hydrogens (primary N) is 1. The van der Waals surface area contributed by atoms with Crippen molar-refractivity contribution >= 4 is 46.0 Å². The maximum Gasteiger partial charge on any atom is 0.334 e. The minimum atomic E-state index is -0.577. The monoisotopic (exact) mass is 375 g/mol. The first-order valence-corrected chi connectivity index (χ1v) is 8.17. The standard InChI is InChI=1S/C17H15Cl2N5O/c1-8-4-3-5-11-9(2)14(10-6-12(18)21-13(19)7-10)16(22-15(8)11)23-17(25)24-20/h3-7H,20H2,1-2H3,(H2,22,23,24,25). The molecule has 0 fully saturated rings. The highest BCUT2D eigenvalue weighted by atomic mass is 35.5. The van der Waals surface area contributed by atoms with E-state index in [-0.39, 0.29) is 10.3 Å². The summed E-state index contributed by atoms with van der Waals surface area (Å²) < 4.78 is 0. The number of aromatic nitrogens is 2. The molecule has 128 valence electrons. The number of halogens is 2. The van der Waals surface area contributed by atoms with E-state index in [1.165, 1.54) is 0 Å². The summed E-state index contributed by atoms with van der Waals surface area (Å²) in [7, 11) is 0. The van der Waals surface area contributed by atoms with Crippen LogP contribution in [0.25, 0.3) is 22.0 Å². The van der Waals surface area contributed by atoms with Crippen LogP contribution in [-0.2, 0) is 0 Å². The van der Waals surface area contributed by atoms with Gasteiger partial charge in [0.25, 0.3) is 0 Å². The van der Waals surface area contributed by atoms with Crippen LogP contribution in [0.2, 0.25) is 10.3 Å². The zero-order valence-electron chi connectivity index (χ0n) is 13.5. The number of aryl methyl sites for hydroxylation is 2. The molecule has 3 aromatic rings. The second-order valence-electron chi connectivity index (χ2n) is 5.53. The number of hydrogen-bond donors (Lipinski definition) is 3. The largest absolute Gasteiger partial charge is 0.334 e. The first-order chi connectivity index (χ1) is 11.9. The number of fused-ring (bicyclic) bond motifs is 1. The number of carbonyl (C=O) groups excluding carboxylic acids is 1. The molecule has 2 heterocycles. The predicted molar refractivity (Wildman–Crippen MR) is 101 cm³/mol. The van der Waals surface area contributed by atoms with Crippen LogP contribution < -0.4 is 16.6 Å². The van der Waals surface area contributed by atoms with Crippen LogP contribution >= 0.6 is 23.2 Å². The lowest BCUT2D eigenvalue weighted by Gasteiger charge is -2.17. The second kappa shape index (κ2) is 6.84. The van der Waals surface area contributed by atoms with E-state index in [1.54, 1.807) is 12.1 Å². The Hall–Kier alpha value is -2.41. The van der Waals surface area contributed by atoms with Gasteiger partial charge in [-0.15, -0.1) is 0 Å². The number of pyridine rings is 2. The highest BCUT2D eigenvalue weighted by Gasteiger charge is 2.18. The van der Waals surface area contributed by atoms with Gasteiger partial charge in [0.1, 0.15) is 16.1 Å². The van der Waals surface area contributed by atoms with Gasteiger partial charge >= 0.3 is 6.03 Å². The van der Waals surface area contributed by atoms with Crippen molar-refractivity contribution in [2.45, 2.75) is 13.8 Å². The van der Waals surface area contributed by atoms with Crippen molar-refractivity contribution in [1.29, 1.82) is 0 Å². The molecule has 2 aromatic heterocycles. The number of anilines is 1. The Balaban J connectivity index is 2.36. The maximum atomic E-state index is 11.8. The van der Waals surface area contributed by atoms with E-state index >= 15 is 0 Å². The quantitative estimate of drug-likeness (QED) is 0.270. The van der Waals surface area contributed by atoms with Gasteiger partial charge in [-0.3, -0.25) is 10.7 Å². The zero-order chi connectivity index (χ0) is 18.1. The molecule has 0 atom stereocenters. The Morgan fingerprint density at radius 2 is 1.80 bits per heavy atom. The molecule has 0 radical (unpaired) electrons. The van der Waals surface area contributed by atoms with E-state index in [9.17, 15) is 4.79 Å². The third-order valence-electron chi connectivity index (χ3n) is 3.89. The molecule has 0 bridgehead atoms. The molecular formula is C17H15Cl2N5O. The number of amides is 2. The molecule has 0 unspecified atom stereocenters. The molecule has 1 aromatic carbocycles. The van der Waals surface area contributed by atoms with Crippen molar-refractivity contribution < 1.29 is 4.79 Å². The Morgan fingerprint density at radius 3 is 2.44 bits per heavy atom. The molecule has 0 aliphatic heterocycles. The maximum absolute atomic E-state index is 11.8. The highest BCUT2D eigenvalue weighted by Crippen LogP contribution is 2.37. The fourth-order valence-corrected chi connectivity index (χ4v) is 3.25. The lowest BCUT2D eigenvalue weighted by atomic mass is 9.97. The van der Waals surface area contributed by atoms with E-state index in [1.807, 2.05) is 37.5 Å². The molecule has 6 nitrogen and oxygen atoms in total. The lowest BCUT2D eigenvalue weighted by molar-refractivity contribution is 0.252. The second-order valence-corrected chi connectivity index (χ2v) is 6.31. The molecule has 0 aliphatic carbocycles. The van der Waals surface area contributed by atoms with Gasteiger partial charge in [0.2, 0.25) is 0 Å². The molecule has 4 N–H and O–H groups in total. The fourth-order valence-electron chi connectivity index (χ4n) is 2.79. The lowest BCUT2D eigenvalue weighted by Crippen LogP contribution is -2.34. The molecule has 0 saturated heterocycles. The van der Waals surface area contributed by atoms with Gasteiger partial charge in [-0.1, -0.05) is 41.4 Å². The summed E-state index contributed by atoms with van der Waals surface area (Å²) in [6.07, 6.45) is 0. The summed E-state index contributed by atoms with van der Waals surface area (Å²) in [5.74, 6) is 5.56. The van der Waals surface area contributed by atoms with Crippen molar-refractivity contribution in [3.8, 4) is 11.1 Å². The molecule has 25 heavy (non-hydrogen) atoms. The highest BCUT2D eigenvalue weighted by molar-refractivity contribution is 6.33. The van der Waals surface area contributed by atoms with E-state index in [0.29, 0.717) is 16.9 Å². The smallest absolute Gasteiger partial charge is 0.291 e. The van der Waals surface area contributed by atoms with Crippen LogP contribution in [0.4, 0.5) is 10.6 Å². The average Bonchev–Trinajstić information content (AvgIpc) is 2.55. The van der Waals surface area contributed by atoms with Gasteiger partial charge in [-0.2, -0.15) is 0 Å². The van der Waals surface area contributed by atoms with Crippen molar-refractivity contribution in [3.05, 3.63) is 51.8 Å². The van der Waals surface area contributed by atoms with E-state index in [2.05, 4.69) is 15.3 Å². The average molecular weight is 376 g/mol. The molecule has 8 heteroatoms. The van der Waals surface area contributed by atoms with Gasteiger partial charge in [0.05, 0.1) is 5.52 Å². The summed E-state index contributed by atoms with van der Waals surface area (Å²) in [6, 6.07) is 8.66. The first-order valence-electron chi connectivity index (χ1n) is 7.41. The van der Waals surface area contributed by atoms with Gasteiger partial charge in [-0.25, -0.2) is 20.6 Å². The minimum Gasteiger partial charge on any atom is -0.291 e. The topological polar surface area (TPSA) is 92.9 Å². The normalized spacial score (nSPS) is 10.8. The number of para-hydroxylation sites is 1. The van der Waals surface area contributed by atoms with E-state index in [0.717, 1.165) is 22.0 Å². The SMILES string of the molecule is Cc1c(-c2cc(Cl)nc(Cl)c2)c(NC(=O)NN)nc2c(C)cccc12. The molecule has 3 rings (SSSR count). The fraction of sp³-hybridized carbons (Fsp3) is 0.118. The number of rotatable bonds is 2. The summed E-state index contributed by atoms with van der Waals surface area (Å²) in [4.78, 5) is 20.4. The van der Waals surface area contributed by atoms with E-state index < -0.39 is 6.03 Å². The summed E-state index contributed by atoms with van der Waals surface area (Å²) >= 11 is 12.1. The molecule has 0 spiro atoms. The van der Waals surface area contributed by atoms with Crippen LogP contribution in [0, 0.1) is 13.8 Å². The van der Waals surface area contributed by atoms with Gasteiger partial charge in [0.15, 0.2) is 0 Å². The predicted octanol–water partition coefficient (Wildman–Crippen LogP) is 4.22. The molecule has 0 saturated carbocycles. The van der Waals surface area contributed by atoms with Crippen molar-refractivity contribution in [3.63, 3.8) is 0 Å². The van der Waals surface area contributed by atoms with Gasteiger partial charge in [0, 0.05) is 10.9 Å². The molecule has 0 aliphatic rings. The molecule has 2 amide bonds. The Labute approximate surface area is 154 Å². The van der Waals surface area contributed by atoms with Crippen molar-refractivity contribution in [2.75, 3.05) is 5.32 Å². The number of carbonyl (C=O) groups is 1. The Bertz CT molecular complexity index is 970. The third kappa shape index (κ3) is 3.37. The van der Waals surface area contributed by atoms with Gasteiger partial charge in [-0.05, 0) is 42.7 Å². The summed E-state index contributed by atoms with van der Waals surface area (Å²) in [6.45, 7) is 3.91. The number of hydrazine groups is 1. The van der Waals surface area contributed by atoms with Crippen molar-refractivity contribution in [1.82, 2.24) is 15.4 Å². The summed E-state index contributed by atoms with van der Waals surface area (Å²) in [5.41, 5.74) is 6.16. The number of hydrogen-bond acceptors (Lipinski definition) is 4. The first kappa shape index (κ1) is 17.4. The number of urea groups is 1. The van der Waals surface area contributed by atoms with Crippen LogP contribution in [0.1, 0.15) is 11.1 Å². The number of nitrogens with one attached hydrogen (secondary N) is 2. The van der Waals surface area contributed by atoms with Crippen LogP contribution in [0.15, 0.2) is 30.3 Å². The summed E-state index contributed by atoms with van der Waals surface area (Å²) in [5, 5.41) is 4.14. The number of nitrogens with zero attached hydrogens (tertiary/aromatic N) is 2. The van der Waals surface area contributed by atoms with Crippen molar-refractivity contribution in [2.24, 2.45) is 5.84 Å². The Kier molecular flexibility index (Phi) is 4.76. The Morgan fingerprint density at radius 1 is 1.12 bits per heavy atom.